The van der Waals surface area contributed by atoms with E-state index in [0.29, 0.717) is 18.0 Å². The average molecular weight is 316 g/mol. The zero-order valence-electron chi connectivity index (χ0n) is 13.0. The molecule has 1 saturated carbocycles. The van der Waals surface area contributed by atoms with Crippen LogP contribution in [0.2, 0.25) is 0 Å². The molecule has 3 aromatic heterocycles. The first-order chi connectivity index (χ1) is 11.9. The molecular weight excluding hydrogens is 300 g/mol. The summed E-state index contributed by atoms with van der Waals surface area (Å²) in [6.45, 7) is 0. The number of hydrogen-bond acceptors (Lipinski definition) is 5. The van der Waals surface area contributed by atoms with Crippen LogP contribution in [-0.4, -0.2) is 30.5 Å². The van der Waals surface area contributed by atoms with E-state index >= 15 is 0 Å². The van der Waals surface area contributed by atoms with Crippen molar-refractivity contribution in [3.05, 3.63) is 55.1 Å². The molecule has 0 aliphatic heterocycles. The molecule has 0 atom stereocenters. The summed E-state index contributed by atoms with van der Waals surface area (Å²) >= 11 is 0. The van der Waals surface area contributed by atoms with Gasteiger partial charge in [-0.1, -0.05) is 18.2 Å². The molecule has 1 aromatic carbocycles. The fourth-order valence-corrected chi connectivity index (χ4v) is 3.29. The van der Waals surface area contributed by atoms with Crippen molar-refractivity contribution in [2.24, 2.45) is 0 Å². The van der Waals surface area contributed by atoms with E-state index in [1.54, 1.807) is 0 Å². The summed E-state index contributed by atoms with van der Waals surface area (Å²) in [5.74, 6) is 0.700. The van der Waals surface area contributed by atoms with Crippen molar-refractivity contribution < 1.29 is 0 Å². The third-order valence-electron chi connectivity index (χ3n) is 4.66. The van der Waals surface area contributed by atoms with Gasteiger partial charge in [-0.3, -0.25) is 0 Å². The van der Waals surface area contributed by atoms with Gasteiger partial charge in [-0.2, -0.15) is 0 Å². The average Bonchev–Trinajstić information content (AvgIpc) is 3.01. The lowest BCUT2D eigenvalue weighted by atomic mass is 9.86. The number of para-hydroxylation sites is 1. The Morgan fingerprint density at radius 2 is 1.83 bits per heavy atom. The summed E-state index contributed by atoms with van der Waals surface area (Å²) in [7, 11) is 0. The molecule has 0 saturated heterocycles. The molecule has 118 valence electrons. The van der Waals surface area contributed by atoms with Gasteiger partial charge in [0.05, 0.1) is 11.8 Å². The highest BCUT2D eigenvalue weighted by atomic mass is 15.2. The molecule has 0 radical (unpaired) electrons. The van der Waals surface area contributed by atoms with E-state index in [2.05, 4.69) is 29.8 Å². The van der Waals surface area contributed by atoms with Gasteiger partial charge in [0.1, 0.15) is 5.52 Å². The predicted molar refractivity (Wildman–Crippen MR) is 92.7 cm³/mol. The Kier molecular flexibility index (Phi) is 2.94. The molecule has 1 fully saturated rings. The molecule has 5 rings (SSSR count). The second-order valence-corrected chi connectivity index (χ2v) is 6.22. The van der Waals surface area contributed by atoms with Crippen LogP contribution in [0.4, 0.5) is 5.95 Å². The number of anilines is 1. The van der Waals surface area contributed by atoms with E-state index in [1.807, 2.05) is 55.1 Å². The third-order valence-corrected chi connectivity index (χ3v) is 4.66. The number of nitrogens with one attached hydrogen (secondary N) is 1. The fraction of sp³-hybridized carbons (Fsp3) is 0.222. The normalized spacial score (nSPS) is 20.2. The lowest BCUT2D eigenvalue weighted by molar-refractivity contribution is 0.286. The maximum atomic E-state index is 4.58. The first-order valence-electron chi connectivity index (χ1n) is 8.13. The highest BCUT2D eigenvalue weighted by Gasteiger charge is 2.32. The quantitative estimate of drug-likeness (QED) is 0.628. The van der Waals surface area contributed by atoms with Crippen LogP contribution in [0.25, 0.3) is 22.1 Å². The van der Waals surface area contributed by atoms with Crippen molar-refractivity contribution in [2.75, 3.05) is 5.32 Å². The zero-order valence-corrected chi connectivity index (χ0v) is 13.0. The Bertz CT molecular complexity index is 1020. The molecule has 3 heterocycles. The van der Waals surface area contributed by atoms with Crippen LogP contribution in [-0.2, 0) is 0 Å². The number of aromatic nitrogens is 5. The van der Waals surface area contributed by atoms with Crippen molar-refractivity contribution in [2.45, 2.75) is 24.9 Å². The van der Waals surface area contributed by atoms with Gasteiger partial charge in [0.25, 0.3) is 0 Å². The molecule has 6 nitrogen and oxygen atoms in total. The van der Waals surface area contributed by atoms with E-state index in [9.17, 15) is 0 Å². The van der Waals surface area contributed by atoms with E-state index in [0.717, 1.165) is 34.9 Å². The molecule has 0 unspecified atom stereocenters. The molecule has 0 bridgehead atoms. The Hall–Kier alpha value is -3.02. The molecule has 1 aliphatic carbocycles. The first-order valence-corrected chi connectivity index (χ1v) is 8.13. The van der Waals surface area contributed by atoms with E-state index in [1.165, 1.54) is 0 Å². The fourth-order valence-electron chi connectivity index (χ4n) is 3.29. The Labute approximate surface area is 138 Å². The highest BCUT2D eigenvalue weighted by Crippen LogP contribution is 2.35. The van der Waals surface area contributed by atoms with E-state index < -0.39 is 0 Å². The number of rotatable bonds is 3. The number of pyridine rings is 1. The van der Waals surface area contributed by atoms with Gasteiger partial charge < -0.3 is 9.88 Å². The summed E-state index contributed by atoms with van der Waals surface area (Å²) in [6, 6.07) is 12.8. The van der Waals surface area contributed by atoms with Crippen LogP contribution < -0.4 is 5.32 Å². The van der Waals surface area contributed by atoms with Crippen molar-refractivity contribution in [1.29, 1.82) is 0 Å². The van der Waals surface area contributed by atoms with Gasteiger partial charge >= 0.3 is 0 Å². The maximum Gasteiger partial charge on any atom is 0.223 e. The van der Waals surface area contributed by atoms with Gasteiger partial charge in [0, 0.05) is 29.9 Å². The lowest BCUT2D eigenvalue weighted by Crippen LogP contribution is -2.37. The largest absolute Gasteiger partial charge is 0.351 e. The van der Waals surface area contributed by atoms with Crippen LogP contribution in [0, 0.1) is 0 Å². The molecule has 4 aromatic rings. The summed E-state index contributed by atoms with van der Waals surface area (Å²) in [5, 5.41) is 4.49. The maximum absolute atomic E-state index is 4.58. The van der Waals surface area contributed by atoms with Gasteiger partial charge in [-0.15, -0.1) is 0 Å². The molecular formula is C18H16N6. The van der Waals surface area contributed by atoms with Gasteiger partial charge in [-0.25, -0.2) is 19.9 Å². The van der Waals surface area contributed by atoms with Crippen molar-refractivity contribution >= 4 is 28.0 Å². The number of nitrogens with zero attached hydrogens (tertiary/aromatic N) is 5. The second kappa shape index (κ2) is 5.26. The topological polar surface area (TPSA) is 68.5 Å². The summed E-state index contributed by atoms with van der Waals surface area (Å²) in [4.78, 5) is 17.9. The molecule has 0 spiro atoms. The second-order valence-electron chi connectivity index (χ2n) is 6.22. The van der Waals surface area contributed by atoms with Crippen LogP contribution in [0.3, 0.4) is 0 Å². The minimum absolute atomic E-state index is 0.386. The minimum Gasteiger partial charge on any atom is -0.351 e. The van der Waals surface area contributed by atoms with Crippen molar-refractivity contribution in [3.8, 4) is 0 Å². The Balaban J connectivity index is 1.31. The number of imidazole rings is 1. The van der Waals surface area contributed by atoms with Crippen LogP contribution in [0.5, 0.6) is 0 Å². The Morgan fingerprint density at radius 1 is 0.958 bits per heavy atom. The first kappa shape index (κ1) is 13.4. The predicted octanol–water partition coefficient (Wildman–Crippen LogP) is 3.19. The van der Waals surface area contributed by atoms with E-state index in [-0.39, 0.29) is 0 Å². The van der Waals surface area contributed by atoms with Crippen molar-refractivity contribution in [3.63, 3.8) is 0 Å². The summed E-state index contributed by atoms with van der Waals surface area (Å²) in [5.41, 5.74) is 2.88. The van der Waals surface area contributed by atoms with Crippen LogP contribution in [0.1, 0.15) is 18.9 Å². The van der Waals surface area contributed by atoms with Gasteiger partial charge in [0.15, 0.2) is 5.65 Å². The molecule has 1 N–H and O–H groups in total. The SMILES string of the molecule is c1ccc2nc(NC3CC(n4cnc5cccnc54)C3)ncc2c1. The summed E-state index contributed by atoms with van der Waals surface area (Å²) < 4.78 is 2.18. The smallest absolute Gasteiger partial charge is 0.223 e. The number of hydrogen-bond donors (Lipinski definition) is 1. The summed E-state index contributed by atoms with van der Waals surface area (Å²) in [6.07, 6.45) is 7.63. The van der Waals surface area contributed by atoms with Crippen molar-refractivity contribution in [1.82, 2.24) is 24.5 Å². The monoisotopic (exact) mass is 316 g/mol. The molecule has 6 heteroatoms. The third kappa shape index (κ3) is 2.19. The minimum atomic E-state index is 0.386. The highest BCUT2D eigenvalue weighted by molar-refractivity contribution is 5.78. The Morgan fingerprint density at radius 3 is 2.79 bits per heavy atom. The van der Waals surface area contributed by atoms with Crippen LogP contribution in [0.15, 0.2) is 55.1 Å². The van der Waals surface area contributed by atoms with Crippen LogP contribution >= 0.6 is 0 Å². The molecule has 1 aliphatic rings. The standard InChI is InChI=1S/C18H16N6/c1-2-5-15-12(4-1)10-20-18(23-15)22-13-8-14(9-13)24-11-21-16-6-3-7-19-17(16)24/h1-7,10-11,13-14H,8-9H2,(H,20,22,23). The molecule has 0 amide bonds. The number of fused-ring (bicyclic) bond motifs is 2. The number of benzene rings is 1. The van der Waals surface area contributed by atoms with Gasteiger partial charge in [0.2, 0.25) is 5.95 Å². The molecule has 24 heavy (non-hydrogen) atoms. The van der Waals surface area contributed by atoms with Gasteiger partial charge in [-0.05, 0) is 31.0 Å². The van der Waals surface area contributed by atoms with E-state index in [4.69, 9.17) is 0 Å². The lowest BCUT2D eigenvalue weighted by Gasteiger charge is -2.36. The zero-order chi connectivity index (χ0) is 15.9.